The van der Waals surface area contributed by atoms with Crippen molar-refractivity contribution >= 4 is 28.0 Å². The van der Waals surface area contributed by atoms with Crippen LogP contribution in [0.25, 0.3) is 21.8 Å². The Balaban J connectivity index is 1.49. The summed E-state index contributed by atoms with van der Waals surface area (Å²) in [6, 6.07) is 15.9. The van der Waals surface area contributed by atoms with Crippen LogP contribution >= 0.6 is 0 Å². The molecule has 4 aromatic rings. The number of carbonyl (C=O) groups excluding carboxylic acids is 1. The molecular formula is C27H28N2O5. The molecule has 2 aromatic carbocycles. The van der Waals surface area contributed by atoms with Crippen LogP contribution in [-0.4, -0.2) is 29.3 Å². The van der Waals surface area contributed by atoms with Crippen molar-refractivity contribution in [2.45, 2.75) is 51.4 Å². The number of pyridine rings is 1. The lowest BCUT2D eigenvalue weighted by atomic mass is 9.98. The highest BCUT2D eigenvalue weighted by molar-refractivity contribution is 6.12. The summed E-state index contributed by atoms with van der Waals surface area (Å²) in [6.07, 6.45) is 5.90. The second kappa shape index (κ2) is 10.1. The number of benzene rings is 2. The van der Waals surface area contributed by atoms with Crippen LogP contribution in [0.2, 0.25) is 0 Å². The van der Waals surface area contributed by atoms with Crippen LogP contribution in [0.1, 0.15) is 43.2 Å². The Labute approximate surface area is 198 Å². The number of hydrogen-bond donors (Lipinski definition) is 1. The first-order valence-corrected chi connectivity index (χ1v) is 11.7. The Kier molecular flexibility index (Phi) is 6.62. The normalized spacial score (nSPS) is 14.4. The maximum Gasteiger partial charge on any atom is 0.515 e. The Hall–Kier alpha value is -3.58. The van der Waals surface area contributed by atoms with E-state index in [1.165, 1.54) is 6.42 Å². The molecule has 5 rings (SSSR count). The van der Waals surface area contributed by atoms with Crippen LogP contribution in [0, 0.1) is 0 Å². The van der Waals surface area contributed by atoms with E-state index in [9.17, 15) is 4.79 Å². The number of H-pyrrole nitrogens is 1. The van der Waals surface area contributed by atoms with Crippen LogP contribution < -0.4 is 9.47 Å². The molecule has 0 amide bonds. The largest absolute Gasteiger partial charge is 0.515 e. The predicted molar refractivity (Wildman–Crippen MR) is 129 cm³/mol. The molecule has 0 aliphatic heterocycles. The molecule has 1 aliphatic rings. The fourth-order valence-corrected chi connectivity index (χ4v) is 4.60. The van der Waals surface area contributed by atoms with Gasteiger partial charge in [-0.3, -0.25) is 0 Å². The number of aromatic amines is 1. The highest BCUT2D eigenvalue weighted by Gasteiger charge is 2.23. The summed E-state index contributed by atoms with van der Waals surface area (Å²) in [4.78, 5) is 20.3. The van der Waals surface area contributed by atoms with Gasteiger partial charge in [0.25, 0.3) is 0 Å². The zero-order chi connectivity index (χ0) is 23.3. The Morgan fingerprint density at radius 2 is 1.79 bits per heavy atom. The van der Waals surface area contributed by atoms with E-state index < -0.39 is 6.16 Å². The van der Waals surface area contributed by atoms with Crippen molar-refractivity contribution < 1.29 is 23.7 Å². The summed E-state index contributed by atoms with van der Waals surface area (Å²) >= 11 is 0. The number of aromatic nitrogens is 2. The number of nitrogens with zero attached hydrogens (tertiary/aromatic N) is 1. The second-order valence-corrected chi connectivity index (χ2v) is 8.57. The SMILES string of the molecule is COCc1c(OC(=O)OC2CCCCC2)ncc2[nH]c3cccc(OCc4ccccc4)c3c12. The molecule has 2 aromatic heterocycles. The molecule has 34 heavy (non-hydrogen) atoms. The number of methoxy groups -OCH3 is 1. The molecule has 0 saturated heterocycles. The summed E-state index contributed by atoms with van der Waals surface area (Å²) in [5, 5.41) is 1.75. The third-order valence-corrected chi connectivity index (χ3v) is 6.21. The number of carbonyl (C=O) groups is 1. The van der Waals surface area contributed by atoms with Gasteiger partial charge in [-0.05, 0) is 43.4 Å². The molecule has 1 fully saturated rings. The monoisotopic (exact) mass is 460 g/mol. The number of nitrogens with one attached hydrogen (secondary N) is 1. The van der Waals surface area contributed by atoms with E-state index in [0.29, 0.717) is 12.2 Å². The molecular weight excluding hydrogens is 432 g/mol. The van der Waals surface area contributed by atoms with Crippen LogP contribution in [0.5, 0.6) is 11.6 Å². The van der Waals surface area contributed by atoms with Gasteiger partial charge in [0.15, 0.2) is 0 Å². The van der Waals surface area contributed by atoms with Gasteiger partial charge in [-0.25, -0.2) is 9.78 Å². The second-order valence-electron chi connectivity index (χ2n) is 8.57. The maximum atomic E-state index is 12.5. The van der Waals surface area contributed by atoms with Gasteiger partial charge in [0.2, 0.25) is 5.88 Å². The average Bonchev–Trinajstić information content (AvgIpc) is 3.25. The maximum absolute atomic E-state index is 12.5. The zero-order valence-corrected chi connectivity index (χ0v) is 19.2. The molecule has 2 heterocycles. The minimum Gasteiger partial charge on any atom is -0.488 e. The van der Waals surface area contributed by atoms with E-state index in [1.807, 2.05) is 48.5 Å². The fourth-order valence-electron chi connectivity index (χ4n) is 4.60. The molecule has 0 bridgehead atoms. The van der Waals surface area contributed by atoms with Crippen molar-refractivity contribution in [1.82, 2.24) is 9.97 Å². The fraction of sp³-hybridized carbons (Fsp3) is 0.333. The molecule has 7 heteroatoms. The summed E-state index contributed by atoms with van der Waals surface area (Å²) in [5.74, 6) is 0.917. The number of hydrogen-bond acceptors (Lipinski definition) is 6. The summed E-state index contributed by atoms with van der Waals surface area (Å²) in [6.45, 7) is 0.657. The minimum atomic E-state index is -0.725. The standard InChI is InChI=1S/C27H28N2O5/c1-31-17-20-24-22(15-28-26(20)34-27(30)33-19-11-6-3-7-12-19)29-21-13-8-14-23(25(21)24)32-16-18-9-4-2-5-10-18/h2,4-5,8-10,13-15,19,29H,3,6-7,11-12,16-17H2,1H3. The zero-order valence-electron chi connectivity index (χ0n) is 19.2. The summed E-state index contributed by atoms with van der Waals surface area (Å²) in [7, 11) is 1.60. The lowest BCUT2D eigenvalue weighted by Crippen LogP contribution is -2.23. The number of rotatable bonds is 7. The van der Waals surface area contributed by atoms with Crippen molar-refractivity contribution in [2.75, 3.05) is 7.11 Å². The Bertz CT molecular complexity index is 1280. The molecule has 1 N–H and O–H groups in total. The molecule has 0 atom stereocenters. The Morgan fingerprint density at radius 3 is 2.59 bits per heavy atom. The third kappa shape index (κ3) is 4.70. The van der Waals surface area contributed by atoms with E-state index in [4.69, 9.17) is 18.9 Å². The topological polar surface area (TPSA) is 82.7 Å². The van der Waals surface area contributed by atoms with Gasteiger partial charge in [-0.1, -0.05) is 42.8 Å². The van der Waals surface area contributed by atoms with Gasteiger partial charge < -0.3 is 23.9 Å². The van der Waals surface area contributed by atoms with E-state index in [2.05, 4.69) is 9.97 Å². The van der Waals surface area contributed by atoms with Crippen molar-refractivity contribution in [2.24, 2.45) is 0 Å². The van der Waals surface area contributed by atoms with E-state index in [0.717, 1.165) is 58.8 Å². The molecule has 7 nitrogen and oxygen atoms in total. The first-order chi connectivity index (χ1) is 16.7. The van der Waals surface area contributed by atoms with Gasteiger partial charge in [-0.15, -0.1) is 0 Å². The van der Waals surface area contributed by atoms with Gasteiger partial charge in [0, 0.05) is 17.9 Å². The molecule has 1 aliphatic carbocycles. The molecule has 176 valence electrons. The van der Waals surface area contributed by atoms with E-state index in [-0.39, 0.29) is 18.6 Å². The van der Waals surface area contributed by atoms with Crippen LogP contribution in [0.4, 0.5) is 4.79 Å². The average molecular weight is 461 g/mol. The van der Waals surface area contributed by atoms with Crippen molar-refractivity contribution in [1.29, 1.82) is 0 Å². The van der Waals surface area contributed by atoms with Gasteiger partial charge in [0.1, 0.15) is 18.5 Å². The highest BCUT2D eigenvalue weighted by atomic mass is 16.7. The lowest BCUT2D eigenvalue weighted by molar-refractivity contribution is 0.0400. The minimum absolute atomic E-state index is 0.0954. The smallest absolute Gasteiger partial charge is 0.488 e. The van der Waals surface area contributed by atoms with Crippen molar-refractivity contribution in [3.63, 3.8) is 0 Å². The highest BCUT2D eigenvalue weighted by Crippen LogP contribution is 2.38. The quantitative estimate of drug-likeness (QED) is 0.326. The van der Waals surface area contributed by atoms with Crippen molar-refractivity contribution in [3.05, 3.63) is 65.9 Å². The van der Waals surface area contributed by atoms with Crippen LogP contribution in [0.15, 0.2) is 54.7 Å². The van der Waals surface area contributed by atoms with Crippen LogP contribution in [-0.2, 0) is 22.7 Å². The molecule has 0 radical (unpaired) electrons. The van der Waals surface area contributed by atoms with Crippen LogP contribution in [0.3, 0.4) is 0 Å². The predicted octanol–water partition coefficient (Wildman–Crippen LogP) is 6.29. The lowest BCUT2D eigenvalue weighted by Gasteiger charge is -2.21. The molecule has 0 spiro atoms. The van der Waals surface area contributed by atoms with Gasteiger partial charge >= 0.3 is 6.16 Å². The van der Waals surface area contributed by atoms with E-state index in [1.54, 1.807) is 13.3 Å². The first kappa shape index (κ1) is 22.2. The number of ether oxygens (including phenoxy) is 4. The summed E-state index contributed by atoms with van der Waals surface area (Å²) in [5.41, 5.74) is 3.46. The summed E-state index contributed by atoms with van der Waals surface area (Å²) < 4.78 is 22.8. The third-order valence-electron chi connectivity index (χ3n) is 6.21. The Morgan fingerprint density at radius 1 is 0.971 bits per heavy atom. The van der Waals surface area contributed by atoms with Crippen molar-refractivity contribution in [3.8, 4) is 11.6 Å². The van der Waals surface area contributed by atoms with E-state index >= 15 is 0 Å². The molecule has 1 saturated carbocycles. The van der Waals surface area contributed by atoms with Gasteiger partial charge in [0.05, 0.1) is 29.4 Å². The molecule has 0 unspecified atom stereocenters. The number of fused-ring (bicyclic) bond motifs is 3. The van der Waals surface area contributed by atoms with Gasteiger partial charge in [-0.2, -0.15) is 0 Å². The first-order valence-electron chi connectivity index (χ1n) is 11.7.